The number of benzene rings is 4. The van der Waals surface area contributed by atoms with Crippen molar-refractivity contribution in [1.29, 1.82) is 0 Å². The van der Waals surface area contributed by atoms with Crippen LogP contribution in [-0.2, 0) is 0 Å². The minimum absolute atomic E-state index is 0.296. The molecule has 0 heterocycles. The van der Waals surface area contributed by atoms with Crippen LogP contribution in [0.5, 0.6) is 0 Å². The lowest BCUT2D eigenvalue weighted by molar-refractivity contribution is 0.455. The van der Waals surface area contributed by atoms with E-state index >= 15 is 0 Å². The van der Waals surface area contributed by atoms with E-state index in [0.717, 1.165) is 0 Å². The average Bonchev–Trinajstić information content (AvgIpc) is 2.87. The van der Waals surface area contributed by atoms with E-state index in [0.29, 0.717) is 11.3 Å². The summed E-state index contributed by atoms with van der Waals surface area (Å²) < 4.78 is 0. The van der Waals surface area contributed by atoms with Gasteiger partial charge < -0.3 is 5.73 Å². The van der Waals surface area contributed by atoms with Gasteiger partial charge in [0.2, 0.25) is 0 Å². The first-order valence-electron chi connectivity index (χ1n) is 11.6. The molecule has 0 aromatic heterocycles. The third-order valence-corrected chi connectivity index (χ3v) is 12.8. The zero-order chi connectivity index (χ0) is 23.3. The maximum Gasteiger partial charge on any atom is 0.0269 e. The quantitative estimate of drug-likeness (QED) is 0.327. The van der Waals surface area contributed by atoms with Gasteiger partial charge in [-0.15, -0.1) is 0 Å². The van der Waals surface area contributed by atoms with Crippen LogP contribution in [0.4, 0.5) is 0 Å². The zero-order valence-corrected chi connectivity index (χ0v) is 21.5. The van der Waals surface area contributed by atoms with Gasteiger partial charge in [-0.3, -0.25) is 0 Å². The lowest BCUT2D eigenvalue weighted by Gasteiger charge is -2.45. The van der Waals surface area contributed by atoms with Crippen molar-refractivity contribution >= 4 is 37.1 Å². The number of hydrogen-bond donors (Lipinski definition) is 1. The molecule has 2 unspecified atom stereocenters. The minimum Gasteiger partial charge on any atom is -0.324 e. The Morgan fingerprint density at radius 1 is 0.485 bits per heavy atom. The van der Waals surface area contributed by atoms with Crippen molar-refractivity contribution in [2.24, 2.45) is 5.73 Å². The summed E-state index contributed by atoms with van der Waals surface area (Å²) in [4.78, 5) is 0. The van der Waals surface area contributed by atoms with Gasteiger partial charge in [-0.1, -0.05) is 135 Å². The van der Waals surface area contributed by atoms with Crippen LogP contribution in [0.2, 0.25) is 0 Å². The number of hydrogen-bond acceptors (Lipinski definition) is 1. The van der Waals surface area contributed by atoms with Crippen LogP contribution in [0, 0.1) is 0 Å². The van der Waals surface area contributed by atoms with Gasteiger partial charge in [0.1, 0.15) is 0 Å². The van der Waals surface area contributed by atoms with Crippen molar-refractivity contribution in [1.82, 2.24) is 0 Å². The largest absolute Gasteiger partial charge is 0.324 e. The molecule has 33 heavy (non-hydrogen) atoms. The predicted octanol–water partition coefficient (Wildman–Crippen LogP) is 5.75. The van der Waals surface area contributed by atoms with Crippen molar-refractivity contribution < 1.29 is 0 Å². The van der Waals surface area contributed by atoms with E-state index in [1.54, 1.807) is 0 Å². The Morgan fingerprint density at radius 2 is 0.697 bits per heavy atom. The monoisotopic (exact) mass is 469 g/mol. The molecular formula is C30H33NP2. The molecule has 4 rings (SSSR count). The van der Waals surface area contributed by atoms with Crippen LogP contribution in [0.1, 0.15) is 20.8 Å². The zero-order valence-electron chi connectivity index (χ0n) is 19.7. The summed E-state index contributed by atoms with van der Waals surface area (Å²) in [6.45, 7) is 7.02. The Hall–Kier alpha value is -2.30. The normalized spacial score (nSPS) is 15.2. The molecule has 0 fully saturated rings. The van der Waals surface area contributed by atoms with Crippen LogP contribution >= 0.6 is 15.8 Å². The first kappa shape index (κ1) is 23.8. The third-order valence-electron chi connectivity index (χ3n) is 6.71. The smallest absolute Gasteiger partial charge is 0.0269 e. The van der Waals surface area contributed by atoms with Gasteiger partial charge in [0.05, 0.1) is 0 Å². The van der Waals surface area contributed by atoms with Crippen LogP contribution < -0.4 is 27.0 Å². The van der Waals surface area contributed by atoms with Crippen molar-refractivity contribution in [2.75, 3.05) is 0 Å². The highest BCUT2D eigenvalue weighted by Crippen LogP contribution is 2.51. The van der Waals surface area contributed by atoms with E-state index < -0.39 is 15.8 Å². The van der Waals surface area contributed by atoms with Crippen molar-refractivity contribution in [3.8, 4) is 0 Å². The summed E-state index contributed by atoms with van der Waals surface area (Å²) in [5.41, 5.74) is 7.61. The fourth-order valence-corrected chi connectivity index (χ4v) is 10.5. The van der Waals surface area contributed by atoms with Gasteiger partial charge in [0.25, 0.3) is 0 Å². The van der Waals surface area contributed by atoms with E-state index in [2.05, 4.69) is 142 Å². The molecule has 0 saturated heterocycles. The fraction of sp³-hybridized carbons (Fsp3) is 0.200. The number of rotatable bonds is 8. The molecule has 0 aliphatic carbocycles. The minimum atomic E-state index is -0.610. The Balaban J connectivity index is 1.77. The standard InChI is InChI=1S/C30H33NP2/c1-24(32(26-16-8-4-9-17-26)27-18-10-5-11-19-27)30(3,31)25(2)33(28-20-12-6-13-21-28)29-22-14-7-15-23-29/h4-25H,31H2,1-3H3. The van der Waals surface area contributed by atoms with Gasteiger partial charge in [-0.05, 0) is 44.0 Å². The van der Waals surface area contributed by atoms with Gasteiger partial charge in [-0.2, -0.15) is 0 Å². The molecule has 1 nitrogen and oxygen atoms in total. The molecule has 0 saturated carbocycles. The van der Waals surface area contributed by atoms with Crippen molar-refractivity contribution in [2.45, 2.75) is 37.6 Å². The van der Waals surface area contributed by atoms with E-state index in [1.807, 2.05) is 0 Å². The Labute approximate surface area is 201 Å². The first-order chi connectivity index (χ1) is 16.0. The van der Waals surface area contributed by atoms with Crippen molar-refractivity contribution in [3.05, 3.63) is 121 Å². The topological polar surface area (TPSA) is 26.0 Å². The molecule has 2 N–H and O–H groups in total. The molecule has 168 valence electrons. The lowest BCUT2D eigenvalue weighted by atomic mass is 9.96. The fourth-order valence-electron chi connectivity index (χ4n) is 4.45. The van der Waals surface area contributed by atoms with Crippen LogP contribution in [-0.4, -0.2) is 16.9 Å². The summed E-state index contributed by atoms with van der Waals surface area (Å²) in [6, 6.07) is 43.8. The highest BCUT2D eigenvalue weighted by atomic mass is 31.1. The van der Waals surface area contributed by atoms with E-state index in [-0.39, 0.29) is 5.54 Å². The molecule has 0 aliphatic heterocycles. The Morgan fingerprint density at radius 3 is 0.909 bits per heavy atom. The van der Waals surface area contributed by atoms with Gasteiger partial charge >= 0.3 is 0 Å². The second-order valence-corrected chi connectivity index (χ2v) is 13.9. The van der Waals surface area contributed by atoms with Crippen LogP contribution in [0.3, 0.4) is 0 Å². The maximum atomic E-state index is 7.39. The molecule has 4 aromatic carbocycles. The van der Waals surface area contributed by atoms with Gasteiger partial charge in [0, 0.05) is 16.9 Å². The molecule has 0 aliphatic rings. The first-order valence-corrected chi connectivity index (χ1v) is 14.4. The molecule has 4 aromatic rings. The van der Waals surface area contributed by atoms with Crippen LogP contribution in [0.15, 0.2) is 121 Å². The molecular weight excluding hydrogens is 436 g/mol. The van der Waals surface area contributed by atoms with Crippen molar-refractivity contribution in [3.63, 3.8) is 0 Å². The van der Waals surface area contributed by atoms with Gasteiger partial charge in [0.15, 0.2) is 0 Å². The third kappa shape index (κ3) is 5.28. The highest BCUT2D eigenvalue weighted by molar-refractivity contribution is 7.74. The molecule has 0 radical (unpaired) electrons. The predicted molar refractivity (Wildman–Crippen MR) is 150 cm³/mol. The number of nitrogens with two attached hydrogens (primary N) is 1. The molecule has 0 spiro atoms. The SMILES string of the molecule is CC(P(c1ccccc1)c1ccccc1)C(C)(N)C(C)P(c1ccccc1)c1ccccc1. The van der Waals surface area contributed by atoms with E-state index in [9.17, 15) is 0 Å². The summed E-state index contributed by atoms with van der Waals surface area (Å²) in [7, 11) is -1.22. The second kappa shape index (κ2) is 10.8. The molecule has 3 heteroatoms. The highest BCUT2D eigenvalue weighted by Gasteiger charge is 2.42. The van der Waals surface area contributed by atoms with Crippen LogP contribution in [0.25, 0.3) is 0 Å². The molecule has 0 bridgehead atoms. The lowest BCUT2D eigenvalue weighted by Crippen LogP contribution is -2.56. The average molecular weight is 470 g/mol. The van der Waals surface area contributed by atoms with E-state index in [1.165, 1.54) is 21.2 Å². The van der Waals surface area contributed by atoms with Gasteiger partial charge in [-0.25, -0.2) is 0 Å². The second-order valence-electron chi connectivity index (χ2n) is 8.80. The summed E-state index contributed by atoms with van der Waals surface area (Å²) in [6.07, 6.45) is 0. The Kier molecular flexibility index (Phi) is 7.77. The summed E-state index contributed by atoms with van der Waals surface area (Å²) >= 11 is 0. The Bertz CT molecular complexity index is 945. The summed E-state index contributed by atoms with van der Waals surface area (Å²) in [5.74, 6) is 0. The molecule has 2 atom stereocenters. The maximum absolute atomic E-state index is 7.39. The molecule has 0 amide bonds. The summed E-state index contributed by atoms with van der Waals surface area (Å²) in [5, 5.41) is 5.55. The van der Waals surface area contributed by atoms with E-state index in [4.69, 9.17) is 5.73 Å².